The Morgan fingerprint density at radius 2 is 2.36 bits per heavy atom. The van der Waals surface area contributed by atoms with Gasteiger partial charge in [-0.25, -0.2) is 8.78 Å². The molecule has 0 saturated carbocycles. The fourth-order valence-corrected chi connectivity index (χ4v) is 1.75. The quantitative estimate of drug-likeness (QED) is 0.603. The third-order valence-electron chi connectivity index (χ3n) is 1.41. The molecule has 0 amide bonds. The molecule has 0 aliphatic heterocycles. The summed E-state index contributed by atoms with van der Waals surface area (Å²) < 4.78 is 23.4. The lowest BCUT2D eigenvalue weighted by Crippen LogP contribution is -2.09. The molecule has 0 bridgehead atoms. The number of alkyl halides is 2. The number of carbonyl (C=O) groups is 1. The largest absolute Gasteiger partial charge is 0.306 e. The van der Waals surface area contributed by atoms with E-state index in [4.69, 9.17) is 0 Å². The third kappa shape index (κ3) is 2.61. The summed E-state index contributed by atoms with van der Waals surface area (Å²) in [4.78, 5) is 10.5. The highest BCUT2D eigenvalue weighted by molar-refractivity contribution is 8.14. The van der Waals surface area contributed by atoms with E-state index in [1.807, 2.05) is 12.2 Å². The van der Waals surface area contributed by atoms with Gasteiger partial charge in [0, 0.05) is 5.25 Å². The Morgan fingerprint density at radius 1 is 1.64 bits per heavy atom. The first-order valence-electron chi connectivity index (χ1n) is 3.35. The molecule has 0 aromatic rings. The van der Waals surface area contributed by atoms with Crippen LogP contribution in [0.1, 0.15) is 12.8 Å². The van der Waals surface area contributed by atoms with Gasteiger partial charge in [-0.2, -0.15) is 0 Å². The summed E-state index contributed by atoms with van der Waals surface area (Å²) >= 11 is 0.740. The van der Waals surface area contributed by atoms with E-state index in [1.165, 1.54) is 0 Å². The van der Waals surface area contributed by atoms with Crippen LogP contribution in [0.15, 0.2) is 12.2 Å². The first kappa shape index (κ1) is 8.71. The van der Waals surface area contributed by atoms with E-state index in [0.29, 0.717) is 0 Å². The van der Waals surface area contributed by atoms with Gasteiger partial charge >= 0.3 is 6.43 Å². The molecule has 0 radical (unpaired) electrons. The second-order valence-corrected chi connectivity index (χ2v) is 3.53. The van der Waals surface area contributed by atoms with Crippen LogP contribution in [0.3, 0.4) is 0 Å². The van der Waals surface area contributed by atoms with E-state index in [9.17, 15) is 13.6 Å². The van der Waals surface area contributed by atoms with E-state index in [0.717, 1.165) is 24.6 Å². The Kier molecular flexibility index (Phi) is 3.05. The Balaban J connectivity index is 2.30. The van der Waals surface area contributed by atoms with Gasteiger partial charge in [0.25, 0.3) is 5.12 Å². The van der Waals surface area contributed by atoms with Crippen molar-refractivity contribution in [2.75, 3.05) is 0 Å². The normalized spacial score (nSPS) is 23.0. The molecule has 1 aliphatic rings. The molecule has 1 atom stereocenters. The fraction of sp³-hybridized carbons (Fsp3) is 0.571. The fourth-order valence-electron chi connectivity index (χ4n) is 0.904. The molecular weight excluding hydrogens is 170 g/mol. The summed E-state index contributed by atoms with van der Waals surface area (Å²) in [5.74, 6) is 0. The van der Waals surface area contributed by atoms with E-state index in [-0.39, 0.29) is 5.25 Å². The monoisotopic (exact) mass is 178 g/mol. The van der Waals surface area contributed by atoms with Crippen molar-refractivity contribution in [3.05, 3.63) is 12.2 Å². The number of halogens is 2. The van der Waals surface area contributed by atoms with Crippen molar-refractivity contribution < 1.29 is 13.6 Å². The van der Waals surface area contributed by atoms with Crippen molar-refractivity contribution in [1.29, 1.82) is 0 Å². The lowest BCUT2D eigenvalue weighted by atomic mass is 10.4. The van der Waals surface area contributed by atoms with E-state index in [1.54, 1.807) is 0 Å². The number of carbonyl (C=O) groups excluding carboxylic acids is 1. The van der Waals surface area contributed by atoms with Gasteiger partial charge in [0.05, 0.1) is 0 Å². The number of thioether (sulfide) groups is 1. The van der Waals surface area contributed by atoms with Crippen molar-refractivity contribution in [2.45, 2.75) is 24.5 Å². The summed E-state index contributed by atoms with van der Waals surface area (Å²) in [5.41, 5.74) is 0. The maximum Gasteiger partial charge on any atom is 0.306 e. The highest BCUT2D eigenvalue weighted by atomic mass is 32.2. The van der Waals surface area contributed by atoms with E-state index in [2.05, 4.69) is 0 Å². The van der Waals surface area contributed by atoms with Gasteiger partial charge in [0.1, 0.15) is 0 Å². The van der Waals surface area contributed by atoms with Crippen molar-refractivity contribution in [3.63, 3.8) is 0 Å². The maximum absolute atomic E-state index is 11.7. The Morgan fingerprint density at radius 3 is 2.82 bits per heavy atom. The minimum absolute atomic E-state index is 0.0171. The molecule has 0 heterocycles. The maximum atomic E-state index is 11.7. The van der Waals surface area contributed by atoms with Gasteiger partial charge in [-0.15, -0.1) is 0 Å². The first-order valence-corrected chi connectivity index (χ1v) is 4.23. The first-order chi connectivity index (χ1) is 5.20. The van der Waals surface area contributed by atoms with Crippen LogP contribution in [-0.4, -0.2) is 16.8 Å². The van der Waals surface area contributed by atoms with Crippen LogP contribution in [0.2, 0.25) is 0 Å². The molecule has 0 fully saturated rings. The van der Waals surface area contributed by atoms with Crippen molar-refractivity contribution in [2.24, 2.45) is 0 Å². The lowest BCUT2D eigenvalue weighted by molar-refractivity contribution is -0.120. The molecule has 1 aliphatic carbocycles. The molecular formula is C7H8F2OS. The highest BCUT2D eigenvalue weighted by Crippen LogP contribution is 2.25. The van der Waals surface area contributed by atoms with E-state index < -0.39 is 11.5 Å². The van der Waals surface area contributed by atoms with Crippen LogP contribution < -0.4 is 0 Å². The second kappa shape index (κ2) is 3.85. The standard InChI is InChI=1S/C7H8F2OS/c8-6(9)7(10)11-5-3-1-2-4-5/h1,3,5-6H,2,4H2. The second-order valence-electron chi connectivity index (χ2n) is 2.28. The van der Waals surface area contributed by atoms with Gasteiger partial charge in [0.2, 0.25) is 0 Å². The van der Waals surface area contributed by atoms with Crippen LogP contribution in [-0.2, 0) is 4.79 Å². The number of allylic oxidation sites excluding steroid dienone is 1. The smallest absolute Gasteiger partial charge is 0.281 e. The van der Waals surface area contributed by atoms with E-state index >= 15 is 0 Å². The molecule has 4 heteroatoms. The van der Waals surface area contributed by atoms with Crippen molar-refractivity contribution in [1.82, 2.24) is 0 Å². The van der Waals surface area contributed by atoms with Crippen LogP contribution in [0.4, 0.5) is 8.78 Å². The van der Waals surface area contributed by atoms with Crippen LogP contribution in [0, 0.1) is 0 Å². The number of hydrogen-bond donors (Lipinski definition) is 0. The molecule has 11 heavy (non-hydrogen) atoms. The average molecular weight is 178 g/mol. The van der Waals surface area contributed by atoms with Crippen LogP contribution >= 0.6 is 11.8 Å². The molecule has 1 unspecified atom stereocenters. The molecule has 62 valence electrons. The van der Waals surface area contributed by atoms with Crippen LogP contribution in [0.5, 0.6) is 0 Å². The number of hydrogen-bond acceptors (Lipinski definition) is 2. The molecule has 0 aromatic heterocycles. The summed E-state index contributed by atoms with van der Waals surface area (Å²) in [6.45, 7) is 0. The van der Waals surface area contributed by atoms with Gasteiger partial charge in [-0.3, -0.25) is 4.79 Å². The topological polar surface area (TPSA) is 17.1 Å². The van der Waals surface area contributed by atoms with Gasteiger partial charge in [0.15, 0.2) is 0 Å². The van der Waals surface area contributed by atoms with Crippen molar-refractivity contribution in [3.8, 4) is 0 Å². The molecule has 0 saturated heterocycles. The lowest BCUT2D eigenvalue weighted by Gasteiger charge is -2.03. The van der Waals surface area contributed by atoms with Gasteiger partial charge < -0.3 is 0 Å². The molecule has 0 aromatic carbocycles. The number of rotatable bonds is 2. The molecule has 1 nitrogen and oxygen atoms in total. The highest BCUT2D eigenvalue weighted by Gasteiger charge is 2.21. The third-order valence-corrected chi connectivity index (χ3v) is 2.52. The Hall–Kier alpha value is -0.380. The summed E-state index contributed by atoms with van der Waals surface area (Å²) in [5, 5.41) is -1.03. The Labute approximate surface area is 67.8 Å². The predicted octanol–water partition coefficient (Wildman–Crippen LogP) is 2.23. The zero-order chi connectivity index (χ0) is 8.27. The molecule has 1 rings (SSSR count). The zero-order valence-corrected chi connectivity index (χ0v) is 6.61. The minimum Gasteiger partial charge on any atom is -0.281 e. The minimum atomic E-state index is -2.82. The van der Waals surface area contributed by atoms with Gasteiger partial charge in [-0.05, 0) is 12.8 Å². The zero-order valence-electron chi connectivity index (χ0n) is 5.80. The Bertz CT molecular complexity index is 179. The average Bonchev–Trinajstić information content (AvgIpc) is 2.39. The SMILES string of the molecule is O=C(SC1C=CCC1)C(F)F. The molecule has 0 spiro atoms. The molecule has 0 N–H and O–H groups in total. The van der Waals surface area contributed by atoms with Gasteiger partial charge in [-0.1, -0.05) is 23.9 Å². The summed E-state index contributed by atoms with van der Waals surface area (Å²) in [7, 11) is 0. The van der Waals surface area contributed by atoms with Crippen LogP contribution in [0.25, 0.3) is 0 Å². The van der Waals surface area contributed by atoms with Crippen molar-refractivity contribution >= 4 is 16.9 Å². The summed E-state index contributed by atoms with van der Waals surface area (Å²) in [6, 6.07) is 0. The predicted molar refractivity (Wildman–Crippen MR) is 40.8 cm³/mol. The summed E-state index contributed by atoms with van der Waals surface area (Å²) in [6.07, 6.45) is 2.60.